The van der Waals surface area contributed by atoms with Gasteiger partial charge in [-0.15, -0.1) is 0 Å². The number of rotatable bonds is 2. The molecule has 28 heavy (non-hydrogen) atoms. The van der Waals surface area contributed by atoms with Crippen LogP contribution in [0.5, 0.6) is 5.75 Å². The number of nitrogens with zero attached hydrogens (tertiary/aromatic N) is 1. The van der Waals surface area contributed by atoms with Crippen molar-refractivity contribution in [1.82, 2.24) is 10.2 Å². The molecule has 2 fully saturated rings. The minimum absolute atomic E-state index is 0.00539. The van der Waals surface area contributed by atoms with Gasteiger partial charge in [0, 0.05) is 37.2 Å². The third-order valence-electron chi connectivity index (χ3n) is 7.06. The number of fused-ring (bicyclic) bond motifs is 2. The van der Waals surface area contributed by atoms with Crippen LogP contribution in [0.3, 0.4) is 0 Å². The summed E-state index contributed by atoms with van der Waals surface area (Å²) in [4.78, 5) is 15.7. The Balaban J connectivity index is 1.34. The minimum Gasteiger partial charge on any atom is -0.493 e. The van der Waals surface area contributed by atoms with Crippen LogP contribution in [-0.2, 0) is 10.2 Å². The monoisotopic (exact) mass is 376 g/mol. The number of carbonyl (C=O) groups is 1. The van der Waals surface area contributed by atoms with Crippen molar-refractivity contribution in [3.05, 3.63) is 65.7 Å². The van der Waals surface area contributed by atoms with Gasteiger partial charge < -0.3 is 15.0 Å². The molecule has 0 unspecified atom stereocenters. The van der Waals surface area contributed by atoms with E-state index in [2.05, 4.69) is 52.7 Å². The third-order valence-corrected chi connectivity index (χ3v) is 7.06. The molecule has 0 radical (unpaired) electrons. The van der Waals surface area contributed by atoms with E-state index in [-0.39, 0.29) is 11.3 Å². The zero-order valence-corrected chi connectivity index (χ0v) is 16.3. The lowest BCUT2D eigenvalue weighted by Gasteiger charge is -2.42. The first kappa shape index (κ1) is 17.7. The molecular formula is C24H28N2O2. The number of hydrogen-bond acceptors (Lipinski definition) is 3. The highest BCUT2D eigenvalue weighted by Crippen LogP contribution is 2.46. The summed E-state index contributed by atoms with van der Waals surface area (Å²) >= 11 is 0. The van der Waals surface area contributed by atoms with Crippen LogP contribution in [0.25, 0.3) is 0 Å². The van der Waals surface area contributed by atoms with Crippen LogP contribution in [0.1, 0.15) is 36.3 Å². The Morgan fingerprint density at radius 1 is 1.04 bits per heavy atom. The molecule has 2 aromatic rings. The maximum absolute atomic E-state index is 13.6. The van der Waals surface area contributed by atoms with E-state index in [0.29, 0.717) is 18.4 Å². The fraction of sp³-hybridized carbons (Fsp3) is 0.458. The van der Waals surface area contributed by atoms with Crippen molar-refractivity contribution in [2.45, 2.75) is 30.6 Å². The molecule has 3 aliphatic rings. The number of nitrogens with one attached hydrogen (secondary N) is 1. The molecule has 3 heterocycles. The Kier molecular flexibility index (Phi) is 4.59. The summed E-state index contributed by atoms with van der Waals surface area (Å²) in [6.07, 6.45) is 3.03. The molecule has 1 amide bonds. The Bertz CT molecular complexity index is 845. The van der Waals surface area contributed by atoms with E-state index in [0.717, 1.165) is 51.2 Å². The van der Waals surface area contributed by atoms with Gasteiger partial charge in [-0.25, -0.2) is 0 Å². The van der Waals surface area contributed by atoms with Gasteiger partial charge in [0.15, 0.2) is 0 Å². The van der Waals surface area contributed by atoms with Crippen molar-refractivity contribution in [1.29, 1.82) is 0 Å². The van der Waals surface area contributed by atoms with Crippen molar-refractivity contribution in [3.63, 3.8) is 0 Å². The van der Waals surface area contributed by atoms with Gasteiger partial charge in [0.05, 0.1) is 12.5 Å². The van der Waals surface area contributed by atoms with Crippen LogP contribution in [0.4, 0.5) is 0 Å². The van der Waals surface area contributed by atoms with E-state index in [1.165, 1.54) is 11.1 Å². The molecule has 0 aliphatic carbocycles. The fourth-order valence-corrected chi connectivity index (χ4v) is 5.49. The number of piperidine rings is 1. The molecule has 0 aromatic heterocycles. The summed E-state index contributed by atoms with van der Waals surface area (Å²) < 4.78 is 5.89. The van der Waals surface area contributed by atoms with Gasteiger partial charge in [-0.3, -0.25) is 4.79 Å². The van der Waals surface area contributed by atoms with Crippen molar-refractivity contribution in [2.75, 3.05) is 32.8 Å². The Morgan fingerprint density at radius 3 is 2.61 bits per heavy atom. The molecule has 5 rings (SSSR count). The predicted molar refractivity (Wildman–Crippen MR) is 110 cm³/mol. The number of ether oxygens (including phenoxy) is 1. The summed E-state index contributed by atoms with van der Waals surface area (Å²) in [6, 6.07) is 19.0. The first-order valence-electron chi connectivity index (χ1n) is 10.5. The predicted octanol–water partition coefficient (Wildman–Crippen LogP) is 3.33. The zero-order valence-electron chi connectivity index (χ0n) is 16.3. The summed E-state index contributed by atoms with van der Waals surface area (Å²) in [5, 5.41) is 3.53. The summed E-state index contributed by atoms with van der Waals surface area (Å²) in [5.41, 5.74) is 2.50. The SMILES string of the molecule is O=C([C@@H]1CNC[C@]12CCOc1ccccc12)N1CCC(c2ccccc2)CC1. The van der Waals surface area contributed by atoms with Crippen LogP contribution >= 0.6 is 0 Å². The summed E-state index contributed by atoms with van der Waals surface area (Å²) in [5.74, 6) is 1.86. The normalized spacial score (nSPS) is 27.4. The Labute approximate surface area is 166 Å². The molecule has 2 atom stereocenters. The van der Waals surface area contributed by atoms with Gasteiger partial charge >= 0.3 is 0 Å². The molecule has 1 spiro atoms. The van der Waals surface area contributed by atoms with Gasteiger partial charge in [-0.2, -0.15) is 0 Å². The molecule has 146 valence electrons. The van der Waals surface area contributed by atoms with Gasteiger partial charge in [0.25, 0.3) is 0 Å². The zero-order chi connectivity index (χ0) is 19.0. The lowest BCUT2D eigenvalue weighted by molar-refractivity contribution is -0.138. The second-order valence-electron chi connectivity index (χ2n) is 8.44. The first-order chi connectivity index (χ1) is 13.8. The largest absolute Gasteiger partial charge is 0.493 e. The summed E-state index contributed by atoms with van der Waals surface area (Å²) in [6.45, 7) is 4.06. The number of carbonyl (C=O) groups excluding carboxylic acids is 1. The second kappa shape index (κ2) is 7.25. The molecule has 0 saturated carbocycles. The smallest absolute Gasteiger partial charge is 0.227 e. The highest BCUT2D eigenvalue weighted by atomic mass is 16.5. The standard InChI is InChI=1S/C24H28N2O2/c27-23(26-13-10-19(11-14-26)18-6-2-1-3-7-18)21-16-25-17-24(21)12-15-28-22-9-5-4-8-20(22)24/h1-9,19,21,25H,10-17H2/t21-,24-/m0/s1. The first-order valence-corrected chi connectivity index (χ1v) is 10.5. The van der Waals surface area contributed by atoms with Crippen molar-refractivity contribution >= 4 is 5.91 Å². The average Bonchev–Trinajstić information content (AvgIpc) is 3.18. The van der Waals surface area contributed by atoms with Crippen LogP contribution < -0.4 is 10.1 Å². The number of hydrogen-bond donors (Lipinski definition) is 1. The van der Waals surface area contributed by atoms with Gasteiger partial charge in [0.2, 0.25) is 5.91 Å². The minimum atomic E-state index is -0.123. The highest BCUT2D eigenvalue weighted by Gasteiger charge is 2.51. The van der Waals surface area contributed by atoms with Crippen LogP contribution in [0.15, 0.2) is 54.6 Å². The topological polar surface area (TPSA) is 41.6 Å². The number of benzene rings is 2. The van der Waals surface area contributed by atoms with Gasteiger partial charge in [-0.1, -0.05) is 48.5 Å². The molecule has 2 saturated heterocycles. The molecular weight excluding hydrogens is 348 g/mol. The molecule has 4 heteroatoms. The highest BCUT2D eigenvalue weighted by molar-refractivity contribution is 5.82. The van der Waals surface area contributed by atoms with Crippen LogP contribution in [0, 0.1) is 5.92 Å². The van der Waals surface area contributed by atoms with Crippen LogP contribution in [-0.4, -0.2) is 43.6 Å². The average molecular weight is 377 g/mol. The molecule has 4 nitrogen and oxygen atoms in total. The number of para-hydroxylation sites is 1. The van der Waals surface area contributed by atoms with E-state index in [9.17, 15) is 4.79 Å². The van der Waals surface area contributed by atoms with Gasteiger partial charge in [0.1, 0.15) is 5.75 Å². The number of amides is 1. The quantitative estimate of drug-likeness (QED) is 0.874. The van der Waals surface area contributed by atoms with E-state index in [4.69, 9.17) is 4.74 Å². The molecule has 1 N–H and O–H groups in total. The molecule has 2 aromatic carbocycles. The van der Waals surface area contributed by atoms with Crippen molar-refractivity contribution in [3.8, 4) is 5.75 Å². The van der Waals surface area contributed by atoms with Crippen molar-refractivity contribution in [2.24, 2.45) is 5.92 Å². The summed E-state index contributed by atoms with van der Waals surface area (Å²) in [7, 11) is 0. The second-order valence-corrected chi connectivity index (χ2v) is 8.44. The fourth-order valence-electron chi connectivity index (χ4n) is 5.49. The van der Waals surface area contributed by atoms with E-state index < -0.39 is 0 Å². The van der Waals surface area contributed by atoms with E-state index in [1.807, 2.05) is 12.1 Å². The molecule has 0 bridgehead atoms. The lowest BCUT2D eigenvalue weighted by atomic mass is 9.68. The number of likely N-dealkylation sites (tertiary alicyclic amines) is 1. The Hall–Kier alpha value is -2.33. The maximum Gasteiger partial charge on any atom is 0.227 e. The third kappa shape index (κ3) is 2.91. The van der Waals surface area contributed by atoms with Crippen LogP contribution in [0.2, 0.25) is 0 Å². The van der Waals surface area contributed by atoms with E-state index >= 15 is 0 Å². The van der Waals surface area contributed by atoms with Gasteiger partial charge in [-0.05, 0) is 36.8 Å². The maximum atomic E-state index is 13.6. The Morgan fingerprint density at radius 2 is 1.79 bits per heavy atom. The lowest BCUT2D eigenvalue weighted by Crippen LogP contribution is -2.50. The molecule has 3 aliphatic heterocycles. The van der Waals surface area contributed by atoms with E-state index in [1.54, 1.807) is 0 Å². The van der Waals surface area contributed by atoms with Crippen molar-refractivity contribution < 1.29 is 9.53 Å².